The number of hydrogen-bond acceptors (Lipinski definition) is 6. The molecule has 7 nitrogen and oxygen atoms in total. The first-order valence-corrected chi connectivity index (χ1v) is 11.3. The van der Waals surface area contributed by atoms with E-state index < -0.39 is 0 Å². The van der Waals surface area contributed by atoms with Crippen molar-refractivity contribution < 1.29 is 4.79 Å². The van der Waals surface area contributed by atoms with Crippen LogP contribution in [0.4, 0.5) is 5.13 Å². The molecule has 164 valence electrons. The van der Waals surface area contributed by atoms with E-state index in [1.165, 1.54) is 11.1 Å². The summed E-state index contributed by atoms with van der Waals surface area (Å²) in [5.41, 5.74) is 5.40. The lowest BCUT2D eigenvalue weighted by Crippen LogP contribution is -2.14. The zero-order valence-corrected chi connectivity index (χ0v) is 19.7. The smallest absolute Gasteiger partial charge is 0.257 e. The largest absolute Gasteiger partial charge is 0.297 e. The Balaban J connectivity index is 1.52. The molecule has 2 aromatic carbocycles. The maximum atomic E-state index is 12.6. The maximum Gasteiger partial charge on any atom is 0.257 e. The third-order valence-electron chi connectivity index (χ3n) is 5.33. The summed E-state index contributed by atoms with van der Waals surface area (Å²) in [6.07, 6.45) is 0.948. The van der Waals surface area contributed by atoms with Gasteiger partial charge in [0.05, 0.1) is 11.4 Å². The van der Waals surface area contributed by atoms with Gasteiger partial charge in [-0.05, 0) is 54.2 Å². The molecule has 0 aliphatic carbocycles. The van der Waals surface area contributed by atoms with E-state index in [1.807, 2.05) is 43.3 Å². The zero-order valence-electron chi connectivity index (χ0n) is 18.9. The van der Waals surface area contributed by atoms with Gasteiger partial charge in [-0.3, -0.25) is 10.1 Å². The van der Waals surface area contributed by atoms with E-state index in [-0.39, 0.29) is 11.3 Å². The fourth-order valence-electron chi connectivity index (χ4n) is 3.35. The summed E-state index contributed by atoms with van der Waals surface area (Å²) in [6.45, 7) is 10.5. The van der Waals surface area contributed by atoms with Gasteiger partial charge < -0.3 is 0 Å². The third-order valence-corrected chi connectivity index (χ3v) is 5.96. The van der Waals surface area contributed by atoms with Crippen molar-refractivity contribution in [1.82, 2.24) is 24.4 Å². The molecule has 4 rings (SSSR count). The first kappa shape index (κ1) is 21.8. The Kier molecular flexibility index (Phi) is 5.88. The van der Waals surface area contributed by atoms with E-state index >= 15 is 0 Å². The van der Waals surface area contributed by atoms with Crippen LogP contribution in [0, 0.1) is 6.92 Å². The molecule has 8 heteroatoms. The molecular weight excluding hydrogens is 420 g/mol. The minimum atomic E-state index is -0.218. The van der Waals surface area contributed by atoms with E-state index in [0.717, 1.165) is 29.3 Å². The van der Waals surface area contributed by atoms with Gasteiger partial charge in [-0.25, -0.2) is 4.68 Å². The highest BCUT2D eigenvalue weighted by Crippen LogP contribution is 2.25. The van der Waals surface area contributed by atoms with Crippen molar-refractivity contribution in [1.29, 1.82) is 0 Å². The van der Waals surface area contributed by atoms with Crippen LogP contribution in [-0.2, 0) is 11.8 Å². The standard InChI is InChI=1S/C24H26N6OS/c1-6-16-8-7-9-19(14-16)30-15(2)20(27-29-30)21-25-23(32-28-21)26-22(31)17-10-12-18(13-11-17)24(3,4)5/h7-14H,6H2,1-5H3,(H,25,26,28,31). The number of aromatic nitrogens is 5. The Morgan fingerprint density at radius 1 is 1.12 bits per heavy atom. The topological polar surface area (TPSA) is 85.6 Å². The second kappa shape index (κ2) is 8.63. The molecule has 0 saturated heterocycles. The quantitative estimate of drug-likeness (QED) is 0.455. The van der Waals surface area contributed by atoms with Crippen LogP contribution in [0.3, 0.4) is 0 Å². The molecule has 0 saturated carbocycles. The summed E-state index contributed by atoms with van der Waals surface area (Å²) in [7, 11) is 0. The predicted octanol–water partition coefficient (Wildman–Crippen LogP) is 5.21. The monoisotopic (exact) mass is 446 g/mol. The number of carbonyl (C=O) groups is 1. The fourth-order valence-corrected chi connectivity index (χ4v) is 3.92. The van der Waals surface area contributed by atoms with Crippen molar-refractivity contribution in [3.63, 3.8) is 0 Å². The fraction of sp³-hybridized carbons (Fsp3) is 0.292. The zero-order chi connectivity index (χ0) is 22.9. The second-order valence-corrected chi connectivity index (χ2v) is 9.42. The second-order valence-electron chi connectivity index (χ2n) is 8.66. The minimum absolute atomic E-state index is 0.0380. The van der Waals surface area contributed by atoms with Crippen LogP contribution in [0.5, 0.6) is 0 Å². The lowest BCUT2D eigenvalue weighted by atomic mass is 9.87. The summed E-state index contributed by atoms with van der Waals surface area (Å²) in [5, 5.41) is 11.8. The summed E-state index contributed by atoms with van der Waals surface area (Å²) in [6, 6.07) is 15.8. The van der Waals surface area contributed by atoms with Crippen molar-refractivity contribution in [3.8, 4) is 17.2 Å². The normalized spacial score (nSPS) is 11.5. The number of anilines is 1. The molecule has 0 spiro atoms. The van der Waals surface area contributed by atoms with Crippen molar-refractivity contribution in [3.05, 3.63) is 70.9 Å². The van der Waals surface area contributed by atoms with Crippen LogP contribution in [0.15, 0.2) is 48.5 Å². The summed E-state index contributed by atoms with van der Waals surface area (Å²) < 4.78 is 6.16. The van der Waals surface area contributed by atoms with Crippen LogP contribution in [0.25, 0.3) is 17.2 Å². The number of aryl methyl sites for hydroxylation is 1. The minimum Gasteiger partial charge on any atom is -0.297 e. The van der Waals surface area contributed by atoms with Crippen LogP contribution in [0.2, 0.25) is 0 Å². The van der Waals surface area contributed by atoms with Gasteiger partial charge in [-0.1, -0.05) is 57.2 Å². The molecule has 32 heavy (non-hydrogen) atoms. The lowest BCUT2D eigenvalue weighted by Gasteiger charge is -2.18. The first-order valence-electron chi connectivity index (χ1n) is 10.5. The van der Waals surface area contributed by atoms with E-state index in [9.17, 15) is 4.79 Å². The molecule has 0 bridgehead atoms. The number of carbonyl (C=O) groups excluding carboxylic acids is 1. The molecule has 0 aliphatic heterocycles. The van der Waals surface area contributed by atoms with E-state index in [4.69, 9.17) is 0 Å². The third kappa shape index (κ3) is 4.45. The molecule has 1 N–H and O–H groups in total. The number of nitrogens with zero attached hydrogens (tertiary/aromatic N) is 5. The number of nitrogens with one attached hydrogen (secondary N) is 1. The summed E-state index contributed by atoms with van der Waals surface area (Å²) in [5.74, 6) is 0.230. The number of hydrogen-bond donors (Lipinski definition) is 1. The Morgan fingerprint density at radius 3 is 2.56 bits per heavy atom. The maximum absolute atomic E-state index is 12.6. The molecule has 0 fully saturated rings. The van der Waals surface area contributed by atoms with Gasteiger partial charge in [0, 0.05) is 17.1 Å². The van der Waals surface area contributed by atoms with Crippen LogP contribution < -0.4 is 5.32 Å². The molecule has 0 atom stereocenters. The van der Waals surface area contributed by atoms with Crippen LogP contribution in [0.1, 0.15) is 54.9 Å². The highest BCUT2D eigenvalue weighted by molar-refractivity contribution is 7.10. The molecular formula is C24H26N6OS. The predicted molar refractivity (Wildman–Crippen MR) is 127 cm³/mol. The highest BCUT2D eigenvalue weighted by Gasteiger charge is 2.19. The van der Waals surface area contributed by atoms with Gasteiger partial charge in [-0.15, -0.1) is 5.10 Å². The van der Waals surface area contributed by atoms with Crippen molar-refractivity contribution in [2.45, 2.75) is 46.5 Å². The molecule has 0 aliphatic rings. The van der Waals surface area contributed by atoms with Gasteiger partial charge in [0.2, 0.25) is 5.13 Å². The number of rotatable bonds is 5. The number of benzene rings is 2. The highest BCUT2D eigenvalue weighted by atomic mass is 32.1. The SMILES string of the molecule is CCc1cccc(-n2nnc(-c3nsc(NC(=O)c4ccc(C(C)(C)C)cc4)n3)c2C)c1. The van der Waals surface area contributed by atoms with Crippen LogP contribution in [-0.4, -0.2) is 30.3 Å². The van der Waals surface area contributed by atoms with E-state index in [1.54, 1.807) is 4.68 Å². The molecule has 1 amide bonds. The Labute approximate surface area is 191 Å². The first-order chi connectivity index (χ1) is 15.3. The molecule has 0 unspecified atom stereocenters. The Morgan fingerprint density at radius 2 is 1.88 bits per heavy atom. The average molecular weight is 447 g/mol. The van der Waals surface area contributed by atoms with Gasteiger partial charge in [0.25, 0.3) is 5.91 Å². The number of amides is 1. The molecule has 0 radical (unpaired) electrons. The van der Waals surface area contributed by atoms with Gasteiger partial charge in [0.1, 0.15) is 0 Å². The summed E-state index contributed by atoms with van der Waals surface area (Å²) in [4.78, 5) is 17.1. The summed E-state index contributed by atoms with van der Waals surface area (Å²) >= 11 is 1.12. The van der Waals surface area contributed by atoms with Crippen molar-refractivity contribution >= 4 is 22.6 Å². The Bertz CT molecular complexity index is 1250. The lowest BCUT2D eigenvalue weighted by molar-refractivity contribution is 0.102. The van der Waals surface area contributed by atoms with Gasteiger partial charge in [-0.2, -0.15) is 9.36 Å². The Hall–Kier alpha value is -3.39. The van der Waals surface area contributed by atoms with Gasteiger partial charge >= 0.3 is 0 Å². The van der Waals surface area contributed by atoms with Crippen LogP contribution >= 0.6 is 11.5 Å². The van der Waals surface area contributed by atoms with E-state index in [0.29, 0.717) is 22.2 Å². The van der Waals surface area contributed by atoms with Crippen molar-refractivity contribution in [2.24, 2.45) is 0 Å². The molecule has 2 aromatic heterocycles. The molecule has 2 heterocycles. The van der Waals surface area contributed by atoms with Gasteiger partial charge in [0.15, 0.2) is 11.5 Å². The molecule has 4 aromatic rings. The average Bonchev–Trinajstić information content (AvgIpc) is 3.39. The van der Waals surface area contributed by atoms with Crippen molar-refractivity contribution in [2.75, 3.05) is 5.32 Å². The van der Waals surface area contributed by atoms with E-state index in [2.05, 4.69) is 64.8 Å².